The maximum absolute atomic E-state index is 8.98. The fourth-order valence-electron chi connectivity index (χ4n) is 2.61. The average Bonchev–Trinajstić information content (AvgIpc) is 2.74. The summed E-state index contributed by atoms with van der Waals surface area (Å²) in [5, 5.41) is 23.2. The van der Waals surface area contributed by atoms with Gasteiger partial charge in [0.2, 0.25) is 5.95 Å². The summed E-state index contributed by atoms with van der Waals surface area (Å²) in [7, 11) is 3.23. The second-order valence-electron chi connectivity index (χ2n) is 5.85. The van der Waals surface area contributed by atoms with Crippen molar-refractivity contribution in [2.45, 2.75) is 6.42 Å². The number of ether oxygens (including phenoxy) is 2. The fraction of sp³-hybridized carbons (Fsp3) is 0.200. The standard InChI is InChI=1S/C20H20N6O2/c1-27-17-7-6-14(11-18(17)28-2)8-9-22-19-13-23-26-20(25-19)24-16-5-3-4-15(10-16)12-21/h3-7,10-11,13H,8-9H2,1-2H3,(H2,22,24,25,26). The van der Waals surface area contributed by atoms with Gasteiger partial charge >= 0.3 is 0 Å². The van der Waals surface area contributed by atoms with Crippen molar-refractivity contribution in [3.05, 3.63) is 59.8 Å². The number of anilines is 3. The molecule has 1 heterocycles. The Morgan fingerprint density at radius 2 is 1.93 bits per heavy atom. The van der Waals surface area contributed by atoms with E-state index in [9.17, 15) is 0 Å². The minimum atomic E-state index is 0.353. The van der Waals surface area contributed by atoms with E-state index in [2.05, 4.69) is 31.9 Å². The summed E-state index contributed by atoms with van der Waals surface area (Å²) in [6.07, 6.45) is 2.34. The topological polar surface area (TPSA) is 105 Å². The Kier molecular flexibility index (Phi) is 6.21. The van der Waals surface area contributed by atoms with Crippen molar-refractivity contribution < 1.29 is 9.47 Å². The van der Waals surface area contributed by atoms with Crippen molar-refractivity contribution in [2.75, 3.05) is 31.4 Å². The molecule has 0 saturated heterocycles. The highest BCUT2D eigenvalue weighted by Crippen LogP contribution is 2.27. The minimum absolute atomic E-state index is 0.353. The van der Waals surface area contributed by atoms with E-state index in [1.54, 1.807) is 38.6 Å². The van der Waals surface area contributed by atoms with E-state index >= 15 is 0 Å². The van der Waals surface area contributed by atoms with Crippen LogP contribution in [0.15, 0.2) is 48.7 Å². The zero-order valence-electron chi connectivity index (χ0n) is 15.6. The van der Waals surface area contributed by atoms with Crippen molar-refractivity contribution in [2.24, 2.45) is 0 Å². The Labute approximate surface area is 163 Å². The molecule has 0 amide bonds. The monoisotopic (exact) mass is 376 g/mol. The first kappa shape index (κ1) is 18.9. The van der Waals surface area contributed by atoms with Crippen LogP contribution in [-0.2, 0) is 6.42 Å². The summed E-state index contributed by atoms with van der Waals surface area (Å²) in [6, 6.07) is 15.0. The molecule has 2 aromatic carbocycles. The molecule has 0 aliphatic heterocycles. The van der Waals surface area contributed by atoms with Gasteiger partial charge in [-0.15, -0.1) is 5.10 Å². The predicted molar refractivity (Wildman–Crippen MR) is 106 cm³/mol. The van der Waals surface area contributed by atoms with Crippen LogP contribution in [0.3, 0.4) is 0 Å². The second-order valence-corrected chi connectivity index (χ2v) is 5.85. The van der Waals surface area contributed by atoms with Crippen molar-refractivity contribution >= 4 is 17.5 Å². The summed E-state index contributed by atoms with van der Waals surface area (Å²) < 4.78 is 10.6. The Balaban J connectivity index is 1.60. The summed E-state index contributed by atoms with van der Waals surface area (Å²) in [4.78, 5) is 4.39. The number of benzene rings is 2. The molecule has 0 saturated carbocycles. The molecule has 142 valence electrons. The molecule has 2 N–H and O–H groups in total. The van der Waals surface area contributed by atoms with Gasteiger partial charge in [-0.2, -0.15) is 15.3 Å². The summed E-state index contributed by atoms with van der Waals surface area (Å²) in [6.45, 7) is 0.664. The first-order chi connectivity index (χ1) is 13.7. The number of hydrogen-bond donors (Lipinski definition) is 2. The largest absolute Gasteiger partial charge is 0.493 e. The van der Waals surface area contributed by atoms with E-state index in [4.69, 9.17) is 14.7 Å². The Morgan fingerprint density at radius 3 is 2.71 bits per heavy atom. The Bertz CT molecular complexity index is 986. The third-order valence-electron chi connectivity index (χ3n) is 3.97. The first-order valence-corrected chi connectivity index (χ1v) is 8.63. The highest BCUT2D eigenvalue weighted by Gasteiger charge is 2.05. The van der Waals surface area contributed by atoms with E-state index in [0.29, 0.717) is 35.4 Å². The second kappa shape index (κ2) is 9.19. The van der Waals surface area contributed by atoms with Crippen LogP contribution in [0.2, 0.25) is 0 Å². The van der Waals surface area contributed by atoms with E-state index in [1.807, 2.05) is 24.3 Å². The molecule has 0 radical (unpaired) electrons. The van der Waals surface area contributed by atoms with Gasteiger partial charge in [0.15, 0.2) is 17.3 Å². The summed E-state index contributed by atoms with van der Waals surface area (Å²) >= 11 is 0. The predicted octanol–water partition coefficient (Wildman–Crippen LogP) is 3.16. The maximum atomic E-state index is 8.98. The van der Waals surface area contributed by atoms with Crippen LogP contribution in [0.5, 0.6) is 11.5 Å². The van der Waals surface area contributed by atoms with Gasteiger partial charge in [0.05, 0.1) is 32.0 Å². The Morgan fingerprint density at radius 1 is 1.07 bits per heavy atom. The fourth-order valence-corrected chi connectivity index (χ4v) is 2.61. The molecule has 0 unspecified atom stereocenters. The van der Waals surface area contributed by atoms with Gasteiger partial charge in [-0.1, -0.05) is 12.1 Å². The van der Waals surface area contributed by atoms with E-state index < -0.39 is 0 Å². The molecule has 8 heteroatoms. The van der Waals surface area contributed by atoms with Crippen molar-refractivity contribution in [1.82, 2.24) is 15.2 Å². The number of rotatable bonds is 8. The molecule has 0 bridgehead atoms. The van der Waals surface area contributed by atoms with Crippen molar-refractivity contribution in [3.8, 4) is 17.6 Å². The smallest absolute Gasteiger partial charge is 0.249 e. The molecule has 0 fully saturated rings. The highest BCUT2D eigenvalue weighted by atomic mass is 16.5. The van der Waals surface area contributed by atoms with Crippen molar-refractivity contribution in [1.29, 1.82) is 5.26 Å². The Hall–Kier alpha value is -3.86. The molecule has 0 atom stereocenters. The molecule has 1 aromatic heterocycles. The highest BCUT2D eigenvalue weighted by molar-refractivity contribution is 5.56. The van der Waals surface area contributed by atoms with Crippen molar-refractivity contribution in [3.63, 3.8) is 0 Å². The van der Waals surface area contributed by atoms with Gasteiger partial charge in [-0.3, -0.25) is 0 Å². The van der Waals surface area contributed by atoms with Crippen LogP contribution >= 0.6 is 0 Å². The molecular formula is C20H20N6O2. The van der Waals surface area contributed by atoms with Gasteiger partial charge in [0.25, 0.3) is 0 Å². The van der Waals surface area contributed by atoms with Crippen LogP contribution in [0.1, 0.15) is 11.1 Å². The quantitative estimate of drug-likeness (QED) is 0.618. The number of aromatic nitrogens is 3. The van der Waals surface area contributed by atoms with E-state index in [0.717, 1.165) is 17.7 Å². The average molecular weight is 376 g/mol. The van der Waals surface area contributed by atoms with Gasteiger partial charge < -0.3 is 20.1 Å². The number of nitrogens with one attached hydrogen (secondary N) is 2. The van der Waals surface area contributed by atoms with E-state index in [-0.39, 0.29) is 0 Å². The number of methoxy groups -OCH3 is 2. The maximum Gasteiger partial charge on any atom is 0.249 e. The molecule has 3 rings (SSSR count). The lowest BCUT2D eigenvalue weighted by Crippen LogP contribution is -2.09. The molecular weight excluding hydrogens is 356 g/mol. The SMILES string of the molecule is COc1ccc(CCNc2cnnc(Nc3cccc(C#N)c3)n2)cc1OC. The first-order valence-electron chi connectivity index (χ1n) is 8.63. The lowest BCUT2D eigenvalue weighted by Gasteiger charge is -2.10. The number of hydrogen-bond acceptors (Lipinski definition) is 8. The van der Waals surface area contributed by atoms with Crippen LogP contribution in [0, 0.1) is 11.3 Å². The molecule has 28 heavy (non-hydrogen) atoms. The lowest BCUT2D eigenvalue weighted by molar-refractivity contribution is 0.354. The van der Waals surface area contributed by atoms with Crippen LogP contribution < -0.4 is 20.1 Å². The lowest BCUT2D eigenvalue weighted by atomic mass is 10.1. The molecule has 0 aliphatic rings. The molecule has 3 aromatic rings. The minimum Gasteiger partial charge on any atom is -0.493 e. The summed E-state index contributed by atoms with van der Waals surface area (Å²) in [5.41, 5.74) is 2.39. The van der Waals surface area contributed by atoms with Gasteiger partial charge in [-0.25, -0.2) is 0 Å². The van der Waals surface area contributed by atoms with E-state index in [1.165, 1.54) is 0 Å². The third-order valence-corrected chi connectivity index (χ3v) is 3.97. The van der Waals surface area contributed by atoms with Crippen LogP contribution in [0.4, 0.5) is 17.5 Å². The van der Waals surface area contributed by atoms with Gasteiger partial charge in [0, 0.05) is 12.2 Å². The van der Waals surface area contributed by atoms with Crippen LogP contribution in [-0.4, -0.2) is 35.9 Å². The molecule has 0 spiro atoms. The zero-order chi connectivity index (χ0) is 19.8. The van der Waals surface area contributed by atoms with Crippen LogP contribution in [0.25, 0.3) is 0 Å². The molecule has 0 aliphatic carbocycles. The summed E-state index contributed by atoms with van der Waals surface area (Å²) in [5.74, 6) is 2.37. The normalized spacial score (nSPS) is 10.0. The number of nitrogens with zero attached hydrogens (tertiary/aromatic N) is 4. The zero-order valence-corrected chi connectivity index (χ0v) is 15.6. The van der Waals surface area contributed by atoms with Gasteiger partial charge in [0.1, 0.15) is 0 Å². The third kappa shape index (κ3) is 4.86. The number of nitriles is 1. The van der Waals surface area contributed by atoms with Gasteiger partial charge in [-0.05, 0) is 42.3 Å². The molecule has 8 nitrogen and oxygen atoms in total.